The van der Waals surface area contributed by atoms with E-state index in [0.717, 1.165) is 22.6 Å². The molecule has 2 nitrogen and oxygen atoms in total. The molecule has 2 aromatic rings. The predicted octanol–water partition coefficient (Wildman–Crippen LogP) is 3.77. The number of nitrogens with two attached hydrogens (primary N) is 1. The Bertz CT molecular complexity index is 550. The van der Waals surface area contributed by atoms with Gasteiger partial charge in [-0.2, -0.15) is 0 Å². The van der Waals surface area contributed by atoms with Crippen molar-refractivity contribution in [2.24, 2.45) is 0 Å². The van der Waals surface area contributed by atoms with Crippen LogP contribution in [-0.2, 0) is 0 Å². The fourth-order valence-electron chi connectivity index (χ4n) is 1.65. The molecular formula is C14H15FN2. The summed E-state index contributed by atoms with van der Waals surface area (Å²) in [6.07, 6.45) is 0. The predicted molar refractivity (Wildman–Crippen MR) is 70.0 cm³/mol. The van der Waals surface area contributed by atoms with Gasteiger partial charge in [-0.1, -0.05) is 6.07 Å². The van der Waals surface area contributed by atoms with Crippen LogP contribution in [0.4, 0.5) is 21.5 Å². The molecule has 2 rings (SSSR count). The quantitative estimate of drug-likeness (QED) is 0.771. The molecule has 0 atom stereocenters. The van der Waals surface area contributed by atoms with Crippen LogP contribution in [0.2, 0.25) is 0 Å². The molecule has 0 fully saturated rings. The van der Waals surface area contributed by atoms with Crippen LogP contribution in [0.1, 0.15) is 11.1 Å². The number of hydrogen-bond donors (Lipinski definition) is 2. The Kier molecular flexibility index (Phi) is 3.00. The molecule has 0 bridgehead atoms. The molecule has 0 aromatic heterocycles. The fourth-order valence-corrected chi connectivity index (χ4v) is 1.65. The fraction of sp³-hybridized carbons (Fsp3) is 0.143. The molecule has 0 unspecified atom stereocenters. The van der Waals surface area contributed by atoms with Gasteiger partial charge in [0.15, 0.2) is 0 Å². The molecular weight excluding hydrogens is 215 g/mol. The first-order chi connectivity index (χ1) is 8.08. The second kappa shape index (κ2) is 4.45. The van der Waals surface area contributed by atoms with Crippen molar-refractivity contribution in [1.29, 1.82) is 0 Å². The lowest BCUT2D eigenvalue weighted by molar-refractivity contribution is 0.619. The van der Waals surface area contributed by atoms with Crippen LogP contribution in [0.15, 0.2) is 36.4 Å². The molecule has 0 aliphatic rings. The molecule has 0 amide bonds. The van der Waals surface area contributed by atoms with Crippen LogP contribution in [0, 0.1) is 19.7 Å². The highest BCUT2D eigenvalue weighted by atomic mass is 19.1. The van der Waals surface area contributed by atoms with Gasteiger partial charge in [-0.15, -0.1) is 0 Å². The maximum Gasteiger partial charge on any atom is 0.128 e. The summed E-state index contributed by atoms with van der Waals surface area (Å²) in [5.74, 6) is -0.206. The van der Waals surface area contributed by atoms with E-state index < -0.39 is 0 Å². The van der Waals surface area contributed by atoms with Gasteiger partial charge in [0.25, 0.3) is 0 Å². The minimum absolute atomic E-state index is 0.206. The Morgan fingerprint density at radius 1 is 1.12 bits per heavy atom. The Labute approximate surface area is 100 Å². The van der Waals surface area contributed by atoms with E-state index in [4.69, 9.17) is 5.73 Å². The molecule has 0 spiro atoms. The SMILES string of the molecule is Cc1cc(Nc2cccc(F)c2C)ccc1N. The maximum absolute atomic E-state index is 13.4. The zero-order chi connectivity index (χ0) is 12.4. The number of aryl methyl sites for hydroxylation is 1. The van der Waals surface area contributed by atoms with Crippen molar-refractivity contribution in [2.75, 3.05) is 11.1 Å². The first-order valence-corrected chi connectivity index (χ1v) is 5.46. The van der Waals surface area contributed by atoms with E-state index in [1.54, 1.807) is 13.0 Å². The molecule has 0 radical (unpaired) electrons. The first kappa shape index (κ1) is 11.5. The van der Waals surface area contributed by atoms with E-state index in [0.29, 0.717) is 5.56 Å². The van der Waals surface area contributed by atoms with Crippen LogP contribution < -0.4 is 11.1 Å². The third-order valence-corrected chi connectivity index (χ3v) is 2.82. The highest BCUT2D eigenvalue weighted by molar-refractivity contribution is 5.66. The van der Waals surface area contributed by atoms with E-state index in [-0.39, 0.29) is 5.82 Å². The topological polar surface area (TPSA) is 38.0 Å². The number of rotatable bonds is 2. The molecule has 0 heterocycles. The lowest BCUT2D eigenvalue weighted by Crippen LogP contribution is -1.97. The number of anilines is 3. The molecule has 17 heavy (non-hydrogen) atoms. The highest BCUT2D eigenvalue weighted by Crippen LogP contribution is 2.24. The van der Waals surface area contributed by atoms with Crippen LogP contribution in [0.5, 0.6) is 0 Å². The van der Waals surface area contributed by atoms with Gasteiger partial charge in [0, 0.05) is 22.6 Å². The highest BCUT2D eigenvalue weighted by Gasteiger charge is 2.04. The molecule has 0 aliphatic carbocycles. The van der Waals surface area contributed by atoms with Crippen LogP contribution in [-0.4, -0.2) is 0 Å². The van der Waals surface area contributed by atoms with E-state index >= 15 is 0 Å². The Hall–Kier alpha value is -2.03. The summed E-state index contributed by atoms with van der Waals surface area (Å²) < 4.78 is 13.4. The average molecular weight is 230 g/mol. The molecule has 2 aromatic carbocycles. The summed E-state index contributed by atoms with van der Waals surface area (Å²) in [6.45, 7) is 3.70. The molecule has 0 aliphatic heterocycles. The van der Waals surface area contributed by atoms with E-state index in [1.807, 2.05) is 31.2 Å². The van der Waals surface area contributed by atoms with Crippen molar-refractivity contribution in [2.45, 2.75) is 13.8 Å². The van der Waals surface area contributed by atoms with Crippen molar-refractivity contribution in [3.05, 3.63) is 53.3 Å². The number of hydrogen-bond acceptors (Lipinski definition) is 2. The van der Waals surface area contributed by atoms with Gasteiger partial charge in [-0.3, -0.25) is 0 Å². The van der Waals surface area contributed by atoms with Gasteiger partial charge in [0.1, 0.15) is 5.82 Å². The van der Waals surface area contributed by atoms with Crippen molar-refractivity contribution < 1.29 is 4.39 Å². The van der Waals surface area contributed by atoms with Crippen molar-refractivity contribution in [3.63, 3.8) is 0 Å². The molecule has 3 heteroatoms. The van der Waals surface area contributed by atoms with Gasteiger partial charge in [-0.05, 0) is 49.7 Å². The normalized spacial score (nSPS) is 10.3. The van der Waals surface area contributed by atoms with Gasteiger partial charge in [0.2, 0.25) is 0 Å². The zero-order valence-corrected chi connectivity index (χ0v) is 9.92. The van der Waals surface area contributed by atoms with Gasteiger partial charge in [-0.25, -0.2) is 4.39 Å². The number of nitrogens with one attached hydrogen (secondary N) is 1. The van der Waals surface area contributed by atoms with Gasteiger partial charge < -0.3 is 11.1 Å². The summed E-state index contributed by atoms with van der Waals surface area (Å²) >= 11 is 0. The lowest BCUT2D eigenvalue weighted by Gasteiger charge is -2.11. The third kappa shape index (κ3) is 2.38. The Morgan fingerprint density at radius 3 is 2.59 bits per heavy atom. The van der Waals surface area contributed by atoms with Crippen molar-refractivity contribution in [1.82, 2.24) is 0 Å². The standard InChI is InChI=1S/C14H15FN2/c1-9-8-11(6-7-13(9)16)17-14-5-3-4-12(15)10(14)2/h3-8,17H,16H2,1-2H3. The Morgan fingerprint density at radius 2 is 1.88 bits per heavy atom. The summed E-state index contributed by atoms with van der Waals surface area (Å²) in [7, 11) is 0. The average Bonchev–Trinajstić information content (AvgIpc) is 2.30. The third-order valence-electron chi connectivity index (χ3n) is 2.82. The smallest absolute Gasteiger partial charge is 0.128 e. The van der Waals surface area contributed by atoms with E-state index in [2.05, 4.69) is 5.32 Å². The summed E-state index contributed by atoms with van der Waals surface area (Å²) in [5, 5.41) is 3.19. The zero-order valence-electron chi connectivity index (χ0n) is 9.92. The van der Waals surface area contributed by atoms with Crippen LogP contribution >= 0.6 is 0 Å². The second-order valence-electron chi connectivity index (χ2n) is 4.11. The van der Waals surface area contributed by atoms with Crippen molar-refractivity contribution >= 4 is 17.1 Å². The van der Waals surface area contributed by atoms with Gasteiger partial charge in [0.05, 0.1) is 0 Å². The summed E-state index contributed by atoms with van der Waals surface area (Å²) in [4.78, 5) is 0. The van der Waals surface area contributed by atoms with Gasteiger partial charge >= 0.3 is 0 Å². The number of benzene rings is 2. The van der Waals surface area contributed by atoms with E-state index in [1.165, 1.54) is 6.07 Å². The molecule has 3 N–H and O–H groups in total. The van der Waals surface area contributed by atoms with Crippen LogP contribution in [0.25, 0.3) is 0 Å². The lowest BCUT2D eigenvalue weighted by atomic mass is 10.1. The van der Waals surface area contributed by atoms with E-state index in [9.17, 15) is 4.39 Å². The molecule has 0 saturated heterocycles. The number of halogens is 1. The molecule has 88 valence electrons. The minimum atomic E-state index is -0.206. The largest absolute Gasteiger partial charge is 0.399 e. The Balaban J connectivity index is 2.31. The first-order valence-electron chi connectivity index (χ1n) is 5.46. The number of nitrogen functional groups attached to an aromatic ring is 1. The maximum atomic E-state index is 13.4. The van der Waals surface area contributed by atoms with Crippen molar-refractivity contribution in [3.8, 4) is 0 Å². The monoisotopic (exact) mass is 230 g/mol. The summed E-state index contributed by atoms with van der Waals surface area (Å²) in [5.41, 5.74) is 9.80. The van der Waals surface area contributed by atoms with Crippen LogP contribution in [0.3, 0.4) is 0 Å². The second-order valence-corrected chi connectivity index (χ2v) is 4.11. The summed E-state index contributed by atoms with van der Waals surface area (Å²) in [6, 6.07) is 10.7. The molecule has 0 saturated carbocycles. The minimum Gasteiger partial charge on any atom is -0.399 e.